The number of nitrogens with one attached hydrogen (secondary N) is 1. The Morgan fingerprint density at radius 3 is 2.79 bits per heavy atom. The Morgan fingerprint density at radius 1 is 1.16 bits per heavy atom. The zero-order chi connectivity index (χ0) is 13.1. The summed E-state index contributed by atoms with van der Waals surface area (Å²) in [4.78, 5) is 2.45. The SMILES string of the molecule is CN1CCC(CNc2cccc3c2CCCC3)CC1. The van der Waals surface area contributed by atoms with Gasteiger partial charge < -0.3 is 10.2 Å². The first-order valence-electron chi connectivity index (χ1n) is 7.86. The molecule has 1 fully saturated rings. The van der Waals surface area contributed by atoms with Gasteiger partial charge in [0, 0.05) is 12.2 Å². The van der Waals surface area contributed by atoms with E-state index in [9.17, 15) is 0 Å². The lowest BCUT2D eigenvalue weighted by atomic mass is 9.90. The van der Waals surface area contributed by atoms with E-state index in [4.69, 9.17) is 0 Å². The van der Waals surface area contributed by atoms with Crippen LogP contribution < -0.4 is 5.32 Å². The predicted octanol–water partition coefficient (Wildman–Crippen LogP) is 3.32. The minimum atomic E-state index is 0.857. The number of fused-ring (bicyclic) bond motifs is 1. The van der Waals surface area contributed by atoms with Crippen LogP contribution in [0.1, 0.15) is 36.8 Å². The first kappa shape index (κ1) is 13.0. The van der Waals surface area contributed by atoms with Crippen molar-refractivity contribution in [1.82, 2.24) is 4.90 Å². The van der Waals surface area contributed by atoms with Gasteiger partial charge in [-0.25, -0.2) is 0 Å². The highest BCUT2D eigenvalue weighted by molar-refractivity contribution is 5.55. The maximum absolute atomic E-state index is 3.74. The normalized spacial score (nSPS) is 21.1. The molecule has 1 heterocycles. The van der Waals surface area contributed by atoms with Gasteiger partial charge in [-0.2, -0.15) is 0 Å². The average Bonchev–Trinajstić information content (AvgIpc) is 2.47. The second-order valence-corrected chi connectivity index (χ2v) is 6.28. The summed E-state index contributed by atoms with van der Waals surface area (Å²) in [6, 6.07) is 6.81. The fourth-order valence-electron chi connectivity index (χ4n) is 3.47. The minimum absolute atomic E-state index is 0.857. The summed E-state index contributed by atoms with van der Waals surface area (Å²) in [6.07, 6.45) is 7.97. The third kappa shape index (κ3) is 3.11. The second kappa shape index (κ2) is 5.96. The molecule has 2 nitrogen and oxygen atoms in total. The highest BCUT2D eigenvalue weighted by atomic mass is 15.1. The van der Waals surface area contributed by atoms with Crippen LogP contribution in [0.2, 0.25) is 0 Å². The van der Waals surface area contributed by atoms with Crippen molar-refractivity contribution in [1.29, 1.82) is 0 Å². The van der Waals surface area contributed by atoms with E-state index in [1.54, 1.807) is 11.1 Å². The van der Waals surface area contributed by atoms with Crippen LogP contribution in [0.5, 0.6) is 0 Å². The fraction of sp³-hybridized carbons (Fsp3) is 0.647. The number of hydrogen-bond donors (Lipinski definition) is 1. The summed E-state index contributed by atoms with van der Waals surface area (Å²) in [5.74, 6) is 0.857. The molecule has 0 saturated carbocycles. The van der Waals surface area contributed by atoms with Crippen LogP contribution in [0.4, 0.5) is 5.69 Å². The first-order chi connectivity index (χ1) is 9.33. The average molecular weight is 258 g/mol. The smallest absolute Gasteiger partial charge is 0.0375 e. The summed E-state index contributed by atoms with van der Waals surface area (Å²) in [5.41, 5.74) is 4.59. The Morgan fingerprint density at radius 2 is 1.95 bits per heavy atom. The lowest BCUT2D eigenvalue weighted by molar-refractivity contribution is 0.226. The molecule has 0 bridgehead atoms. The largest absolute Gasteiger partial charge is 0.385 e. The highest BCUT2D eigenvalue weighted by Crippen LogP contribution is 2.28. The molecule has 19 heavy (non-hydrogen) atoms. The van der Waals surface area contributed by atoms with Gasteiger partial charge >= 0.3 is 0 Å². The predicted molar refractivity (Wildman–Crippen MR) is 81.8 cm³/mol. The van der Waals surface area contributed by atoms with Crippen molar-refractivity contribution in [2.24, 2.45) is 5.92 Å². The molecular weight excluding hydrogens is 232 g/mol. The molecule has 1 saturated heterocycles. The third-order valence-electron chi connectivity index (χ3n) is 4.82. The molecule has 0 unspecified atom stereocenters. The van der Waals surface area contributed by atoms with Gasteiger partial charge in [-0.15, -0.1) is 0 Å². The molecule has 1 aromatic carbocycles. The van der Waals surface area contributed by atoms with Crippen molar-refractivity contribution in [3.05, 3.63) is 29.3 Å². The summed E-state index contributed by atoms with van der Waals surface area (Å²) >= 11 is 0. The van der Waals surface area contributed by atoms with Crippen molar-refractivity contribution >= 4 is 5.69 Å². The number of rotatable bonds is 3. The maximum atomic E-state index is 3.74. The molecule has 2 aliphatic rings. The van der Waals surface area contributed by atoms with Gasteiger partial charge in [-0.3, -0.25) is 0 Å². The van der Waals surface area contributed by atoms with Crippen molar-refractivity contribution in [2.75, 3.05) is 32.0 Å². The summed E-state index contributed by atoms with van der Waals surface area (Å²) in [5, 5.41) is 3.74. The first-order valence-corrected chi connectivity index (χ1v) is 7.86. The molecule has 2 heteroatoms. The Balaban J connectivity index is 1.61. The number of piperidine rings is 1. The van der Waals surface area contributed by atoms with Gasteiger partial charge in [-0.05, 0) is 81.8 Å². The zero-order valence-corrected chi connectivity index (χ0v) is 12.1. The summed E-state index contributed by atoms with van der Waals surface area (Å²) in [7, 11) is 2.23. The van der Waals surface area contributed by atoms with Gasteiger partial charge in [0.15, 0.2) is 0 Å². The molecular formula is C17H26N2. The van der Waals surface area contributed by atoms with Crippen LogP contribution in [0.15, 0.2) is 18.2 Å². The number of nitrogens with zero attached hydrogens (tertiary/aromatic N) is 1. The summed E-state index contributed by atoms with van der Waals surface area (Å²) < 4.78 is 0. The molecule has 0 amide bonds. The zero-order valence-electron chi connectivity index (χ0n) is 12.1. The van der Waals surface area contributed by atoms with Crippen LogP contribution in [0.25, 0.3) is 0 Å². The highest BCUT2D eigenvalue weighted by Gasteiger charge is 2.17. The van der Waals surface area contributed by atoms with E-state index < -0.39 is 0 Å². The van der Waals surface area contributed by atoms with Crippen LogP contribution in [-0.4, -0.2) is 31.6 Å². The third-order valence-corrected chi connectivity index (χ3v) is 4.82. The van der Waals surface area contributed by atoms with Crippen LogP contribution in [-0.2, 0) is 12.8 Å². The maximum Gasteiger partial charge on any atom is 0.0375 e. The van der Waals surface area contributed by atoms with Crippen molar-refractivity contribution < 1.29 is 0 Å². The Bertz CT molecular complexity index is 419. The van der Waals surface area contributed by atoms with Gasteiger partial charge in [0.1, 0.15) is 0 Å². The van der Waals surface area contributed by atoms with E-state index in [2.05, 4.69) is 35.5 Å². The molecule has 0 atom stereocenters. The van der Waals surface area contributed by atoms with Gasteiger partial charge in [0.05, 0.1) is 0 Å². The second-order valence-electron chi connectivity index (χ2n) is 6.28. The van der Waals surface area contributed by atoms with E-state index in [-0.39, 0.29) is 0 Å². The van der Waals surface area contributed by atoms with Crippen LogP contribution in [0.3, 0.4) is 0 Å². The van der Waals surface area contributed by atoms with Gasteiger partial charge in [0.25, 0.3) is 0 Å². The topological polar surface area (TPSA) is 15.3 Å². The lowest BCUT2D eigenvalue weighted by Gasteiger charge is -2.30. The number of hydrogen-bond acceptors (Lipinski definition) is 2. The molecule has 1 aliphatic carbocycles. The van der Waals surface area contributed by atoms with Gasteiger partial charge in [-0.1, -0.05) is 12.1 Å². The quantitative estimate of drug-likeness (QED) is 0.894. The van der Waals surface area contributed by atoms with E-state index >= 15 is 0 Å². The molecule has 0 radical (unpaired) electrons. The van der Waals surface area contributed by atoms with E-state index in [0.717, 1.165) is 12.5 Å². The number of benzene rings is 1. The molecule has 0 spiro atoms. The summed E-state index contributed by atoms with van der Waals surface area (Å²) in [6.45, 7) is 3.68. The van der Waals surface area contributed by atoms with Crippen LogP contribution in [0, 0.1) is 5.92 Å². The monoisotopic (exact) mass is 258 g/mol. The van der Waals surface area contributed by atoms with Gasteiger partial charge in [0.2, 0.25) is 0 Å². The van der Waals surface area contributed by atoms with E-state index in [1.807, 2.05) is 0 Å². The molecule has 0 aromatic heterocycles. The molecule has 3 rings (SSSR count). The van der Waals surface area contributed by atoms with E-state index in [1.165, 1.54) is 57.3 Å². The van der Waals surface area contributed by atoms with E-state index in [0.29, 0.717) is 0 Å². The number of likely N-dealkylation sites (tertiary alicyclic amines) is 1. The molecule has 104 valence electrons. The molecule has 1 aliphatic heterocycles. The minimum Gasteiger partial charge on any atom is -0.385 e. The Labute approximate surface area is 117 Å². The Hall–Kier alpha value is -1.02. The molecule has 1 aromatic rings. The van der Waals surface area contributed by atoms with Crippen molar-refractivity contribution in [3.63, 3.8) is 0 Å². The van der Waals surface area contributed by atoms with Crippen molar-refractivity contribution in [3.8, 4) is 0 Å². The standard InChI is InChI=1S/C17H26N2/c1-19-11-9-14(10-12-19)13-18-17-8-4-6-15-5-2-3-7-16(15)17/h4,6,8,14,18H,2-3,5,7,9-13H2,1H3. The number of aryl methyl sites for hydroxylation is 1. The number of anilines is 1. The Kier molecular flexibility index (Phi) is 4.07. The fourth-order valence-corrected chi connectivity index (χ4v) is 3.47. The van der Waals surface area contributed by atoms with Crippen LogP contribution >= 0.6 is 0 Å². The molecule has 1 N–H and O–H groups in total. The lowest BCUT2D eigenvalue weighted by Crippen LogP contribution is -2.33. The van der Waals surface area contributed by atoms with Crippen molar-refractivity contribution in [2.45, 2.75) is 38.5 Å².